The maximum Gasteiger partial charge on any atom is 0.103 e. The summed E-state index contributed by atoms with van der Waals surface area (Å²) in [5.74, 6) is 4.13. The summed E-state index contributed by atoms with van der Waals surface area (Å²) in [7, 11) is 8.27. The van der Waals surface area contributed by atoms with E-state index in [-0.39, 0.29) is 17.3 Å². The Morgan fingerprint density at radius 2 is 1.05 bits per heavy atom. The van der Waals surface area contributed by atoms with Crippen LogP contribution in [0.25, 0.3) is 0 Å². The van der Waals surface area contributed by atoms with Crippen molar-refractivity contribution in [2.75, 3.05) is 11.5 Å². The van der Waals surface area contributed by atoms with Gasteiger partial charge in [-0.05, 0) is 43.0 Å². The van der Waals surface area contributed by atoms with Crippen molar-refractivity contribution < 1.29 is 0 Å². The van der Waals surface area contributed by atoms with Crippen molar-refractivity contribution in [2.24, 2.45) is 11.8 Å². The van der Waals surface area contributed by atoms with Gasteiger partial charge in [-0.1, -0.05) is 77.0 Å². The molecule has 0 aliphatic carbocycles. The molecule has 2 atom stereocenters. The molecule has 0 heterocycles. The Labute approximate surface area is 167 Å². The summed E-state index contributed by atoms with van der Waals surface area (Å²) in [5.41, 5.74) is 0. The number of hydrogen-bond acceptors (Lipinski definition) is 6. The van der Waals surface area contributed by atoms with Gasteiger partial charge in [-0.15, -0.1) is 0 Å². The number of hydrogen-bond donors (Lipinski definition) is 0. The van der Waals surface area contributed by atoms with Gasteiger partial charge < -0.3 is 0 Å². The van der Waals surface area contributed by atoms with Crippen LogP contribution in [0.5, 0.6) is 0 Å². The molecule has 0 amide bonds. The predicted octanol–water partition coefficient (Wildman–Crippen LogP) is 6.08. The standard InChI is InChI=1S/C14H34S6Si2/c1-9-15-21-13(7,11(3)4)17-19-20-18-14(8,12(5)6)22-16-10-2/h11-12H,9-10,21-22H2,1-8H3. The van der Waals surface area contributed by atoms with Crippen LogP contribution in [0.3, 0.4) is 0 Å². The van der Waals surface area contributed by atoms with Crippen molar-refractivity contribution >= 4 is 81.0 Å². The van der Waals surface area contributed by atoms with Gasteiger partial charge in [0.15, 0.2) is 0 Å². The van der Waals surface area contributed by atoms with Gasteiger partial charge in [-0.3, -0.25) is 0 Å². The fourth-order valence-electron chi connectivity index (χ4n) is 1.37. The first-order valence-electron chi connectivity index (χ1n) is 8.07. The molecule has 0 saturated carbocycles. The zero-order valence-corrected chi connectivity index (χ0v) is 23.2. The molecule has 134 valence electrons. The summed E-state index contributed by atoms with van der Waals surface area (Å²) >= 11 is 4.43. The molecule has 0 aromatic carbocycles. The first kappa shape index (κ1) is 24.5. The SMILES string of the molecule is CCS[SiH2]C(C)(SSSSC(C)([SiH2]SCC)C(C)C)C(C)C. The van der Waals surface area contributed by atoms with Crippen LogP contribution in [0.4, 0.5) is 0 Å². The zero-order chi connectivity index (χ0) is 17.2. The molecule has 0 aromatic rings. The van der Waals surface area contributed by atoms with Crippen LogP contribution in [0.2, 0.25) is 0 Å². The fourth-order valence-corrected chi connectivity index (χ4v) is 24.7. The molecule has 0 rings (SSSR count). The van der Waals surface area contributed by atoms with E-state index in [2.05, 4.69) is 99.4 Å². The van der Waals surface area contributed by atoms with E-state index in [1.54, 1.807) is 0 Å². The lowest BCUT2D eigenvalue weighted by Crippen LogP contribution is -2.33. The maximum atomic E-state index is 2.50. The van der Waals surface area contributed by atoms with Crippen LogP contribution in [0.15, 0.2) is 0 Å². The smallest absolute Gasteiger partial charge is 0.103 e. The Bertz CT molecular complexity index is 265. The van der Waals surface area contributed by atoms with Crippen molar-refractivity contribution in [3.05, 3.63) is 0 Å². The Balaban J connectivity index is 4.35. The summed E-state index contributed by atoms with van der Waals surface area (Å²) < 4.78 is 1.03. The van der Waals surface area contributed by atoms with Gasteiger partial charge in [0.1, 0.15) is 17.3 Å². The normalized spacial score (nSPS) is 18.8. The van der Waals surface area contributed by atoms with Gasteiger partial charge in [0, 0.05) is 8.74 Å². The first-order valence-corrected chi connectivity index (χ1v) is 20.1. The molecule has 0 saturated heterocycles. The Hall–Kier alpha value is 2.53. The molecule has 0 N–H and O–H groups in total. The molecule has 22 heavy (non-hydrogen) atoms. The van der Waals surface area contributed by atoms with E-state index < -0.39 is 0 Å². The highest BCUT2D eigenvalue weighted by Gasteiger charge is 2.33. The lowest BCUT2D eigenvalue weighted by atomic mass is 10.1. The topological polar surface area (TPSA) is 0 Å². The number of rotatable bonds is 13. The van der Waals surface area contributed by atoms with Crippen LogP contribution < -0.4 is 0 Å². The summed E-state index contributed by atoms with van der Waals surface area (Å²) in [6.45, 7) is 19.2. The third-order valence-electron chi connectivity index (χ3n) is 4.10. The minimum Gasteiger partial charge on any atom is -0.192 e. The second-order valence-electron chi connectivity index (χ2n) is 6.51. The molecule has 2 unspecified atom stereocenters. The largest absolute Gasteiger partial charge is 0.192 e. The molecule has 0 aliphatic heterocycles. The summed E-state index contributed by atoms with van der Waals surface area (Å²) in [6, 6.07) is 0. The summed E-state index contributed by atoms with van der Waals surface area (Å²) in [6.07, 6.45) is 0. The van der Waals surface area contributed by atoms with Gasteiger partial charge in [0.05, 0.1) is 0 Å². The van der Waals surface area contributed by atoms with Gasteiger partial charge in [-0.2, -0.15) is 22.4 Å². The van der Waals surface area contributed by atoms with E-state index in [4.69, 9.17) is 0 Å². The minimum absolute atomic E-state index is 0.0690. The Morgan fingerprint density at radius 3 is 1.27 bits per heavy atom. The molecule has 0 radical (unpaired) electrons. The van der Waals surface area contributed by atoms with Gasteiger partial charge in [0.25, 0.3) is 0 Å². The molecule has 0 aliphatic rings. The van der Waals surface area contributed by atoms with Crippen LogP contribution in [0.1, 0.15) is 55.4 Å². The molecule has 0 nitrogen and oxygen atoms in total. The molecule has 8 heteroatoms. The van der Waals surface area contributed by atoms with Crippen LogP contribution in [-0.4, -0.2) is 37.6 Å². The summed E-state index contributed by atoms with van der Waals surface area (Å²) in [5, 5.41) is 0. The zero-order valence-electron chi connectivity index (χ0n) is 15.4. The van der Waals surface area contributed by atoms with Crippen molar-refractivity contribution in [3.63, 3.8) is 0 Å². The van der Waals surface area contributed by atoms with E-state index in [0.29, 0.717) is 8.74 Å². The van der Waals surface area contributed by atoms with Crippen molar-refractivity contribution in [2.45, 2.75) is 64.1 Å². The van der Waals surface area contributed by atoms with Crippen molar-refractivity contribution in [1.29, 1.82) is 0 Å². The molecule has 0 bridgehead atoms. The van der Waals surface area contributed by atoms with Crippen molar-refractivity contribution in [3.8, 4) is 0 Å². The van der Waals surface area contributed by atoms with E-state index in [1.807, 2.05) is 19.7 Å². The molecular formula is C14H34S6Si2. The van der Waals surface area contributed by atoms with Crippen LogP contribution in [-0.2, 0) is 0 Å². The first-order chi connectivity index (χ1) is 10.2. The molecule has 0 fully saturated rings. The quantitative estimate of drug-likeness (QED) is 0.188. The third-order valence-corrected chi connectivity index (χ3v) is 27.4. The monoisotopic (exact) mass is 450 g/mol. The lowest BCUT2D eigenvalue weighted by Gasteiger charge is -2.33. The van der Waals surface area contributed by atoms with Gasteiger partial charge in [0.2, 0.25) is 0 Å². The lowest BCUT2D eigenvalue weighted by molar-refractivity contribution is 0.596. The second kappa shape index (κ2) is 12.8. The second-order valence-corrected chi connectivity index (χ2v) is 23.9. The van der Waals surface area contributed by atoms with Gasteiger partial charge in [-0.25, -0.2) is 0 Å². The highest BCUT2D eigenvalue weighted by molar-refractivity contribution is 9.26. The average molecular weight is 451 g/mol. The maximum absolute atomic E-state index is 2.50. The fraction of sp³-hybridized carbons (Fsp3) is 1.00. The molecule has 0 aromatic heterocycles. The van der Waals surface area contributed by atoms with E-state index in [9.17, 15) is 0 Å². The highest BCUT2D eigenvalue weighted by atomic mass is 33.7. The highest BCUT2D eigenvalue weighted by Crippen LogP contribution is 2.55. The minimum atomic E-state index is -0.0690. The molecule has 0 spiro atoms. The van der Waals surface area contributed by atoms with Gasteiger partial charge >= 0.3 is 0 Å². The Kier molecular flexibility index (Phi) is 14.3. The third kappa shape index (κ3) is 9.29. The van der Waals surface area contributed by atoms with E-state index >= 15 is 0 Å². The van der Waals surface area contributed by atoms with E-state index in [0.717, 1.165) is 11.8 Å². The predicted molar refractivity (Wildman–Crippen MR) is 130 cm³/mol. The average Bonchev–Trinajstić information content (AvgIpc) is 2.47. The Morgan fingerprint density at radius 1 is 0.727 bits per heavy atom. The van der Waals surface area contributed by atoms with E-state index in [1.165, 1.54) is 11.5 Å². The molecular weight excluding hydrogens is 417 g/mol. The van der Waals surface area contributed by atoms with Crippen LogP contribution in [0, 0.1) is 11.8 Å². The van der Waals surface area contributed by atoms with Crippen molar-refractivity contribution in [1.82, 2.24) is 0 Å². The van der Waals surface area contributed by atoms with Crippen LogP contribution >= 0.6 is 63.7 Å². The summed E-state index contributed by atoms with van der Waals surface area (Å²) in [4.78, 5) is 0.